The lowest BCUT2D eigenvalue weighted by Crippen LogP contribution is -2.20. The van der Waals surface area contributed by atoms with Crippen LogP contribution in [0.3, 0.4) is 0 Å². The van der Waals surface area contributed by atoms with Crippen molar-refractivity contribution in [2.24, 2.45) is 5.92 Å². The molecule has 0 aliphatic carbocycles. The third kappa shape index (κ3) is 8.37. The molecule has 7 nitrogen and oxygen atoms in total. The van der Waals surface area contributed by atoms with Crippen LogP contribution in [0.2, 0.25) is 0 Å². The second kappa shape index (κ2) is 12.5. The number of hydrogen-bond donors (Lipinski definition) is 3. The lowest BCUT2D eigenvalue weighted by molar-refractivity contribution is -0.118. The van der Waals surface area contributed by atoms with E-state index < -0.39 is 0 Å². The van der Waals surface area contributed by atoms with Gasteiger partial charge in [0.15, 0.2) is 18.1 Å². The number of nitrogens with one attached hydrogen (secondary N) is 3. The Labute approximate surface area is 206 Å². The quantitative estimate of drug-likeness (QED) is 0.335. The number of rotatable bonds is 11. The van der Waals surface area contributed by atoms with Crippen molar-refractivity contribution < 1.29 is 19.1 Å². The number of carbonyl (C=O) groups excluding carboxylic acids is 2. The molecular weight excluding hydrogens is 442 g/mol. The van der Waals surface area contributed by atoms with Gasteiger partial charge in [-0.25, -0.2) is 0 Å². The summed E-state index contributed by atoms with van der Waals surface area (Å²) in [5, 5.41) is 9.10. The van der Waals surface area contributed by atoms with Crippen LogP contribution in [0.5, 0.6) is 11.5 Å². The number of carbonyl (C=O) groups is 2. The molecule has 3 aromatic carbocycles. The molecule has 7 heteroatoms. The highest BCUT2D eigenvalue weighted by Crippen LogP contribution is 2.28. The highest BCUT2D eigenvalue weighted by molar-refractivity contribution is 5.92. The fourth-order valence-corrected chi connectivity index (χ4v) is 3.41. The lowest BCUT2D eigenvalue weighted by Gasteiger charge is -2.14. The summed E-state index contributed by atoms with van der Waals surface area (Å²) in [5.74, 6) is 1.10. The molecule has 2 amide bonds. The monoisotopic (exact) mass is 475 g/mol. The summed E-state index contributed by atoms with van der Waals surface area (Å²) >= 11 is 0. The molecule has 184 valence electrons. The van der Waals surface area contributed by atoms with E-state index in [-0.39, 0.29) is 18.4 Å². The topological polar surface area (TPSA) is 88.7 Å². The Balaban J connectivity index is 1.54. The standard InChI is InChI=1S/C28H33N3O4/c1-19(2)14-27(32)31-24-7-5-6-23(16-24)29-17-21-10-13-25(26(15-21)34-4)35-18-28(33)30-22-11-8-20(3)9-12-22/h5-13,15-16,19,29H,14,17-18H2,1-4H3,(H,30,33)(H,31,32). The van der Waals surface area contributed by atoms with Crippen LogP contribution in [-0.4, -0.2) is 25.5 Å². The average Bonchev–Trinajstić information content (AvgIpc) is 2.82. The number of methoxy groups -OCH3 is 1. The van der Waals surface area contributed by atoms with E-state index in [2.05, 4.69) is 16.0 Å². The van der Waals surface area contributed by atoms with Gasteiger partial charge in [-0.15, -0.1) is 0 Å². The average molecular weight is 476 g/mol. The normalized spacial score (nSPS) is 10.5. The molecule has 0 fully saturated rings. The largest absolute Gasteiger partial charge is 0.493 e. The van der Waals surface area contributed by atoms with Crippen molar-refractivity contribution in [3.8, 4) is 11.5 Å². The Morgan fingerprint density at radius 3 is 2.26 bits per heavy atom. The molecule has 3 N–H and O–H groups in total. The number of ether oxygens (including phenoxy) is 2. The molecule has 0 bridgehead atoms. The van der Waals surface area contributed by atoms with Gasteiger partial charge in [0, 0.05) is 30.0 Å². The first-order valence-electron chi connectivity index (χ1n) is 11.6. The van der Waals surface area contributed by atoms with Gasteiger partial charge in [0.05, 0.1) is 7.11 Å². The molecule has 3 rings (SSSR count). The van der Waals surface area contributed by atoms with Gasteiger partial charge < -0.3 is 25.4 Å². The first kappa shape index (κ1) is 25.6. The van der Waals surface area contributed by atoms with Gasteiger partial charge in [-0.2, -0.15) is 0 Å². The molecular formula is C28H33N3O4. The molecule has 0 saturated heterocycles. The summed E-state index contributed by atoms with van der Waals surface area (Å²) in [6, 6.07) is 20.8. The van der Waals surface area contributed by atoms with E-state index in [9.17, 15) is 9.59 Å². The van der Waals surface area contributed by atoms with Crippen molar-refractivity contribution in [3.05, 3.63) is 77.9 Å². The predicted octanol–water partition coefficient (Wildman–Crippen LogP) is 5.62. The zero-order valence-corrected chi connectivity index (χ0v) is 20.7. The fourth-order valence-electron chi connectivity index (χ4n) is 3.41. The van der Waals surface area contributed by atoms with Gasteiger partial charge in [0.2, 0.25) is 5.91 Å². The Bertz CT molecular complexity index is 1140. The van der Waals surface area contributed by atoms with E-state index in [1.54, 1.807) is 13.2 Å². The highest BCUT2D eigenvalue weighted by Gasteiger charge is 2.10. The minimum atomic E-state index is -0.248. The van der Waals surface area contributed by atoms with E-state index in [0.717, 1.165) is 28.2 Å². The van der Waals surface area contributed by atoms with E-state index >= 15 is 0 Å². The minimum Gasteiger partial charge on any atom is -0.493 e. The van der Waals surface area contributed by atoms with Crippen molar-refractivity contribution >= 4 is 28.9 Å². The zero-order chi connectivity index (χ0) is 25.2. The van der Waals surface area contributed by atoms with Crippen LogP contribution in [0.1, 0.15) is 31.4 Å². The molecule has 0 aromatic heterocycles. The van der Waals surface area contributed by atoms with Crippen LogP contribution >= 0.6 is 0 Å². The van der Waals surface area contributed by atoms with Crippen LogP contribution in [0.15, 0.2) is 66.7 Å². The number of benzene rings is 3. The maximum atomic E-state index is 12.2. The Kier molecular flexibility index (Phi) is 9.12. The molecule has 0 spiro atoms. The highest BCUT2D eigenvalue weighted by atomic mass is 16.5. The number of anilines is 3. The first-order valence-corrected chi connectivity index (χ1v) is 11.6. The molecule has 0 aliphatic heterocycles. The number of hydrogen-bond acceptors (Lipinski definition) is 5. The van der Waals surface area contributed by atoms with Crippen molar-refractivity contribution in [1.29, 1.82) is 0 Å². The Morgan fingerprint density at radius 1 is 0.829 bits per heavy atom. The van der Waals surface area contributed by atoms with E-state index in [0.29, 0.717) is 30.4 Å². The molecule has 0 atom stereocenters. The predicted molar refractivity (Wildman–Crippen MR) is 140 cm³/mol. The van der Waals surface area contributed by atoms with Gasteiger partial charge in [-0.1, -0.05) is 43.7 Å². The maximum Gasteiger partial charge on any atom is 0.262 e. The Hall–Kier alpha value is -4.00. The molecule has 0 saturated carbocycles. The van der Waals surface area contributed by atoms with Gasteiger partial charge >= 0.3 is 0 Å². The minimum absolute atomic E-state index is 0.00465. The van der Waals surface area contributed by atoms with Crippen LogP contribution in [-0.2, 0) is 16.1 Å². The Morgan fingerprint density at radius 2 is 1.54 bits per heavy atom. The molecule has 0 unspecified atom stereocenters. The second-order valence-corrected chi connectivity index (χ2v) is 8.77. The molecule has 0 aliphatic rings. The van der Waals surface area contributed by atoms with E-state index in [1.807, 2.05) is 81.4 Å². The maximum absolute atomic E-state index is 12.2. The second-order valence-electron chi connectivity index (χ2n) is 8.77. The van der Waals surface area contributed by atoms with E-state index in [4.69, 9.17) is 9.47 Å². The molecule has 0 heterocycles. The first-order chi connectivity index (χ1) is 16.8. The number of amides is 2. The third-order valence-electron chi connectivity index (χ3n) is 5.16. The summed E-state index contributed by atoms with van der Waals surface area (Å²) < 4.78 is 11.2. The van der Waals surface area contributed by atoms with Gasteiger partial charge in [0.25, 0.3) is 5.91 Å². The fraction of sp³-hybridized carbons (Fsp3) is 0.286. The van der Waals surface area contributed by atoms with Crippen LogP contribution in [0.4, 0.5) is 17.1 Å². The molecule has 0 radical (unpaired) electrons. The lowest BCUT2D eigenvalue weighted by atomic mass is 10.1. The van der Waals surface area contributed by atoms with Gasteiger partial charge in [-0.3, -0.25) is 9.59 Å². The molecule has 35 heavy (non-hydrogen) atoms. The van der Waals surface area contributed by atoms with Gasteiger partial charge in [0.1, 0.15) is 0 Å². The smallest absolute Gasteiger partial charge is 0.262 e. The number of aryl methyl sites for hydroxylation is 1. The summed E-state index contributed by atoms with van der Waals surface area (Å²) in [7, 11) is 1.56. The summed E-state index contributed by atoms with van der Waals surface area (Å²) in [5.41, 5.74) is 4.47. The summed E-state index contributed by atoms with van der Waals surface area (Å²) in [4.78, 5) is 24.3. The van der Waals surface area contributed by atoms with Crippen LogP contribution < -0.4 is 25.4 Å². The summed E-state index contributed by atoms with van der Waals surface area (Å²) in [6.45, 7) is 6.45. The zero-order valence-electron chi connectivity index (χ0n) is 20.7. The van der Waals surface area contributed by atoms with E-state index in [1.165, 1.54) is 0 Å². The molecule has 3 aromatic rings. The van der Waals surface area contributed by atoms with Gasteiger partial charge in [-0.05, 0) is 60.9 Å². The van der Waals surface area contributed by atoms with Crippen molar-refractivity contribution in [2.75, 3.05) is 29.7 Å². The SMILES string of the molecule is COc1cc(CNc2cccc(NC(=O)CC(C)C)c2)ccc1OCC(=O)Nc1ccc(C)cc1. The van der Waals surface area contributed by atoms with Crippen molar-refractivity contribution in [3.63, 3.8) is 0 Å². The summed E-state index contributed by atoms with van der Waals surface area (Å²) in [6.07, 6.45) is 0.486. The van der Waals surface area contributed by atoms with Crippen molar-refractivity contribution in [1.82, 2.24) is 0 Å². The van der Waals surface area contributed by atoms with Crippen LogP contribution in [0, 0.1) is 12.8 Å². The van der Waals surface area contributed by atoms with Crippen molar-refractivity contribution in [2.45, 2.75) is 33.7 Å². The van der Waals surface area contributed by atoms with Crippen LogP contribution in [0.25, 0.3) is 0 Å². The third-order valence-corrected chi connectivity index (χ3v) is 5.16.